The third-order valence-electron chi connectivity index (χ3n) is 2.20. The van der Waals surface area contributed by atoms with Gasteiger partial charge in [-0.15, -0.1) is 0 Å². The second kappa shape index (κ2) is 5.88. The first-order valence-corrected chi connectivity index (χ1v) is 6.70. The number of amides is 1. The van der Waals surface area contributed by atoms with Crippen LogP contribution in [0, 0.1) is 10.5 Å². The number of rotatable bonds is 2. The van der Waals surface area contributed by atoms with Crippen molar-refractivity contribution in [3.8, 4) is 0 Å². The number of hydrogen-bond donors (Lipinski definition) is 2. The van der Waals surface area contributed by atoms with Gasteiger partial charge in [-0.1, -0.05) is 0 Å². The monoisotopic (exact) mass is 363 g/mol. The summed E-state index contributed by atoms with van der Waals surface area (Å²) in [7, 11) is 0. The first-order chi connectivity index (χ1) is 8.23. The van der Waals surface area contributed by atoms with Crippen molar-refractivity contribution in [3.63, 3.8) is 0 Å². The molecule has 0 radical (unpaired) electrons. The molecule has 0 heterocycles. The molecule has 0 unspecified atom stereocenters. The number of ether oxygens (including phenoxy) is 1. The molecule has 4 nitrogen and oxygen atoms in total. The van der Waals surface area contributed by atoms with E-state index in [0.29, 0.717) is 5.69 Å². The second-order valence-corrected chi connectivity index (χ2v) is 6.21. The summed E-state index contributed by atoms with van der Waals surface area (Å²) in [6.45, 7) is 7.28. The van der Waals surface area contributed by atoms with Gasteiger partial charge >= 0.3 is 6.09 Å². The van der Waals surface area contributed by atoms with E-state index in [1.807, 2.05) is 33.8 Å². The highest BCUT2D eigenvalue weighted by molar-refractivity contribution is 14.1. The molecule has 0 fully saturated rings. The summed E-state index contributed by atoms with van der Waals surface area (Å²) in [5.41, 5.74) is 1.85. The quantitative estimate of drug-likeness (QED) is 0.792. The Morgan fingerprint density at radius 2 is 2.06 bits per heavy atom. The van der Waals surface area contributed by atoms with Gasteiger partial charge in [-0.25, -0.2) is 4.79 Å². The molecular weight excluding hydrogens is 345 g/mol. The minimum Gasteiger partial charge on any atom is -0.444 e. The van der Waals surface area contributed by atoms with Crippen LogP contribution in [0.5, 0.6) is 0 Å². The van der Waals surface area contributed by atoms with Crippen LogP contribution in [0.1, 0.15) is 31.9 Å². The molecule has 0 saturated carbocycles. The van der Waals surface area contributed by atoms with Crippen molar-refractivity contribution in [3.05, 3.63) is 26.8 Å². The molecule has 18 heavy (non-hydrogen) atoms. The van der Waals surface area contributed by atoms with Gasteiger partial charge in [0.2, 0.25) is 0 Å². The highest BCUT2D eigenvalue weighted by atomic mass is 127. The number of aryl methyl sites for hydroxylation is 1. The molecule has 0 bridgehead atoms. The molecule has 0 aromatic heterocycles. The average Bonchev–Trinajstić information content (AvgIpc) is 2.19. The maximum absolute atomic E-state index is 11.7. The number of nitrogens with one attached hydrogen (secondary N) is 1. The summed E-state index contributed by atoms with van der Waals surface area (Å²) in [6.07, 6.45) is -0.490. The number of benzene rings is 1. The Hall–Kier alpha value is -0.820. The zero-order valence-electron chi connectivity index (χ0n) is 11.0. The van der Waals surface area contributed by atoms with Gasteiger partial charge in [0.15, 0.2) is 0 Å². The number of carbonyl (C=O) groups is 1. The van der Waals surface area contributed by atoms with E-state index < -0.39 is 11.7 Å². The van der Waals surface area contributed by atoms with Crippen LogP contribution >= 0.6 is 22.6 Å². The van der Waals surface area contributed by atoms with Crippen LogP contribution in [0.15, 0.2) is 12.1 Å². The van der Waals surface area contributed by atoms with Crippen LogP contribution in [0.2, 0.25) is 0 Å². The van der Waals surface area contributed by atoms with Crippen LogP contribution in [-0.4, -0.2) is 16.8 Å². The maximum Gasteiger partial charge on any atom is 0.412 e. The number of carbonyl (C=O) groups excluding carboxylic acids is 1. The molecule has 1 aromatic carbocycles. The minimum absolute atomic E-state index is 0.0540. The Kier molecular flexibility index (Phi) is 4.98. The molecule has 1 aromatic rings. The van der Waals surface area contributed by atoms with Crippen molar-refractivity contribution >= 4 is 34.4 Å². The number of aliphatic hydroxyl groups is 1. The predicted octanol–water partition coefficient (Wildman–Crippen LogP) is 3.44. The maximum atomic E-state index is 11.7. The third kappa shape index (κ3) is 4.45. The van der Waals surface area contributed by atoms with Crippen molar-refractivity contribution < 1.29 is 14.6 Å². The van der Waals surface area contributed by atoms with Crippen molar-refractivity contribution in [1.29, 1.82) is 0 Å². The van der Waals surface area contributed by atoms with E-state index in [-0.39, 0.29) is 6.61 Å². The number of anilines is 1. The van der Waals surface area contributed by atoms with Gasteiger partial charge in [0.05, 0.1) is 6.61 Å². The van der Waals surface area contributed by atoms with Gasteiger partial charge in [-0.3, -0.25) is 5.32 Å². The van der Waals surface area contributed by atoms with Crippen LogP contribution in [0.4, 0.5) is 10.5 Å². The second-order valence-electron chi connectivity index (χ2n) is 5.04. The third-order valence-corrected chi connectivity index (χ3v) is 3.20. The van der Waals surface area contributed by atoms with E-state index in [2.05, 4.69) is 27.9 Å². The molecule has 0 saturated heterocycles. The number of hydrogen-bond acceptors (Lipinski definition) is 3. The van der Waals surface area contributed by atoms with Crippen LogP contribution < -0.4 is 5.32 Å². The molecule has 0 atom stereocenters. The minimum atomic E-state index is -0.527. The van der Waals surface area contributed by atoms with Gasteiger partial charge in [-0.05, 0) is 73.5 Å². The Labute approximate surface area is 121 Å². The molecular formula is C13H18INO3. The lowest BCUT2D eigenvalue weighted by molar-refractivity contribution is 0.0636. The summed E-state index contributed by atoms with van der Waals surface area (Å²) in [5, 5.41) is 11.9. The Morgan fingerprint density at radius 1 is 1.44 bits per heavy atom. The van der Waals surface area contributed by atoms with E-state index in [1.54, 1.807) is 6.07 Å². The van der Waals surface area contributed by atoms with Crippen molar-refractivity contribution in [2.45, 2.75) is 39.9 Å². The molecule has 1 rings (SSSR count). The lowest BCUT2D eigenvalue weighted by Crippen LogP contribution is -2.27. The summed E-state index contributed by atoms with van der Waals surface area (Å²) < 4.78 is 6.16. The van der Waals surface area contributed by atoms with Crippen LogP contribution in [0.3, 0.4) is 0 Å². The van der Waals surface area contributed by atoms with E-state index in [0.717, 1.165) is 14.7 Å². The van der Waals surface area contributed by atoms with Crippen molar-refractivity contribution in [2.75, 3.05) is 5.32 Å². The molecule has 1 amide bonds. The molecule has 0 aliphatic heterocycles. The van der Waals surface area contributed by atoms with Gasteiger partial charge in [-0.2, -0.15) is 0 Å². The first-order valence-electron chi connectivity index (χ1n) is 5.63. The SMILES string of the molecule is Cc1cc(I)c(CO)cc1NC(=O)OC(C)(C)C. The standard InChI is InChI=1S/C13H18INO3/c1-8-5-10(14)9(7-16)6-11(8)15-12(17)18-13(2,3)4/h5-6,16H,7H2,1-4H3,(H,15,17). The van der Waals surface area contributed by atoms with E-state index in [1.165, 1.54) is 0 Å². The Morgan fingerprint density at radius 3 is 2.56 bits per heavy atom. The molecule has 5 heteroatoms. The largest absolute Gasteiger partial charge is 0.444 e. The molecule has 0 spiro atoms. The van der Waals surface area contributed by atoms with Gasteiger partial charge in [0.1, 0.15) is 5.60 Å². The van der Waals surface area contributed by atoms with Crippen LogP contribution in [0.25, 0.3) is 0 Å². The molecule has 2 N–H and O–H groups in total. The number of halogens is 1. The molecule has 100 valence electrons. The van der Waals surface area contributed by atoms with E-state index >= 15 is 0 Å². The summed E-state index contributed by atoms with van der Waals surface area (Å²) in [6, 6.07) is 3.68. The van der Waals surface area contributed by atoms with E-state index in [9.17, 15) is 9.90 Å². The van der Waals surface area contributed by atoms with E-state index in [4.69, 9.17) is 4.74 Å². The summed E-state index contributed by atoms with van der Waals surface area (Å²) in [4.78, 5) is 11.7. The molecule has 0 aliphatic carbocycles. The average molecular weight is 363 g/mol. The Balaban J connectivity index is 2.88. The fraction of sp³-hybridized carbons (Fsp3) is 0.462. The zero-order chi connectivity index (χ0) is 13.9. The first kappa shape index (κ1) is 15.2. The fourth-order valence-electron chi connectivity index (χ4n) is 1.39. The summed E-state index contributed by atoms with van der Waals surface area (Å²) >= 11 is 2.15. The summed E-state index contributed by atoms with van der Waals surface area (Å²) in [5.74, 6) is 0. The lowest BCUT2D eigenvalue weighted by Gasteiger charge is -2.20. The lowest BCUT2D eigenvalue weighted by atomic mass is 10.1. The fourth-order valence-corrected chi connectivity index (χ4v) is 2.18. The van der Waals surface area contributed by atoms with Crippen molar-refractivity contribution in [2.24, 2.45) is 0 Å². The van der Waals surface area contributed by atoms with Gasteiger partial charge in [0, 0.05) is 9.26 Å². The van der Waals surface area contributed by atoms with Crippen LogP contribution in [-0.2, 0) is 11.3 Å². The topological polar surface area (TPSA) is 58.6 Å². The normalized spacial score (nSPS) is 11.2. The molecule has 0 aliphatic rings. The highest BCUT2D eigenvalue weighted by Gasteiger charge is 2.17. The highest BCUT2D eigenvalue weighted by Crippen LogP contribution is 2.23. The Bertz CT molecular complexity index is 452. The van der Waals surface area contributed by atoms with Gasteiger partial charge < -0.3 is 9.84 Å². The van der Waals surface area contributed by atoms with Gasteiger partial charge in [0.25, 0.3) is 0 Å². The van der Waals surface area contributed by atoms with Crippen molar-refractivity contribution in [1.82, 2.24) is 0 Å². The predicted molar refractivity (Wildman–Crippen MR) is 79.7 cm³/mol. The zero-order valence-corrected chi connectivity index (χ0v) is 13.2. The number of aliphatic hydroxyl groups excluding tert-OH is 1. The smallest absolute Gasteiger partial charge is 0.412 e.